The highest BCUT2D eigenvalue weighted by Crippen LogP contribution is 2.23. The van der Waals surface area contributed by atoms with Crippen molar-refractivity contribution in [2.24, 2.45) is 7.05 Å². The average molecular weight is 392 g/mol. The quantitative estimate of drug-likeness (QED) is 0.729. The number of aryl methyl sites for hydroxylation is 1. The lowest BCUT2D eigenvalue weighted by molar-refractivity contribution is 0.584. The topological polar surface area (TPSA) is 50.4 Å². The van der Waals surface area contributed by atoms with E-state index in [0.29, 0.717) is 0 Å². The standard InChI is InChI=1S/C15H18N6.3ClH/c1-19-11-13(9-18-19)12-2-5-21-14(8-12)17-10-15(21)20-6-3-16-4-7-20;;;/h2,5,8-11,16H,3-4,6-7H2,1H3;3*1H. The molecule has 4 heterocycles. The largest absolute Gasteiger partial charge is 0.354 e. The third-order valence-corrected chi connectivity index (χ3v) is 3.97. The molecule has 0 bridgehead atoms. The summed E-state index contributed by atoms with van der Waals surface area (Å²) in [4.78, 5) is 6.94. The smallest absolute Gasteiger partial charge is 0.138 e. The van der Waals surface area contributed by atoms with Gasteiger partial charge in [0.05, 0.1) is 12.4 Å². The molecule has 6 nitrogen and oxygen atoms in total. The fourth-order valence-corrected chi connectivity index (χ4v) is 2.85. The number of halogens is 3. The van der Waals surface area contributed by atoms with E-state index in [-0.39, 0.29) is 37.2 Å². The number of pyridine rings is 1. The zero-order chi connectivity index (χ0) is 14.2. The zero-order valence-electron chi connectivity index (χ0n) is 13.3. The second-order valence-electron chi connectivity index (χ2n) is 5.40. The van der Waals surface area contributed by atoms with Gasteiger partial charge in [-0.05, 0) is 17.7 Å². The Morgan fingerprint density at radius 3 is 2.46 bits per heavy atom. The Morgan fingerprint density at radius 1 is 1.04 bits per heavy atom. The van der Waals surface area contributed by atoms with E-state index in [1.165, 1.54) is 5.82 Å². The fraction of sp³-hybridized carbons (Fsp3) is 0.333. The van der Waals surface area contributed by atoms with Crippen LogP contribution in [0.2, 0.25) is 0 Å². The number of aromatic nitrogens is 4. The first-order chi connectivity index (χ1) is 10.3. The van der Waals surface area contributed by atoms with E-state index >= 15 is 0 Å². The second-order valence-corrected chi connectivity index (χ2v) is 5.40. The van der Waals surface area contributed by atoms with E-state index in [0.717, 1.165) is 43.0 Å². The molecule has 0 spiro atoms. The summed E-state index contributed by atoms with van der Waals surface area (Å²) in [5.41, 5.74) is 3.24. The third-order valence-electron chi connectivity index (χ3n) is 3.97. The number of rotatable bonds is 2. The summed E-state index contributed by atoms with van der Waals surface area (Å²) in [5, 5.41) is 7.60. The summed E-state index contributed by atoms with van der Waals surface area (Å²) >= 11 is 0. The Kier molecular flexibility index (Phi) is 7.35. The number of hydrogen-bond donors (Lipinski definition) is 1. The number of hydrogen-bond acceptors (Lipinski definition) is 4. The van der Waals surface area contributed by atoms with Crippen molar-refractivity contribution in [2.75, 3.05) is 31.1 Å². The summed E-state index contributed by atoms with van der Waals surface area (Å²) < 4.78 is 3.97. The zero-order valence-corrected chi connectivity index (χ0v) is 15.7. The summed E-state index contributed by atoms with van der Waals surface area (Å²) in [5.74, 6) is 1.17. The molecule has 3 aromatic rings. The van der Waals surface area contributed by atoms with Crippen LogP contribution in [0.5, 0.6) is 0 Å². The van der Waals surface area contributed by atoms with Crippen molar-refractivity contribution in [3.05, 3.63) is 36.9 Å². The van der Waals surface area contributed by atoms with Crippen LogP contribution >= 0.6 is 37.2 Å². The number of anilines is 1. The molecule has 1 fully saturated rings. The third kappa shape index (κ3) is 3.78. The minimum Gasteiger partial charge on any atom is -0.354 e. The molecule has 1 saturated heterocycles. The predicted molar refractivity (Wildman–Crippen MR) is 104 cm³/mol. The molecule has 0 aromatic carbocycles. The number of nitrogens with one attached hydrogen (secondary N) is 1. The minimum atomic E-state index is 0. The highest BCUT2D eigenvalue weighted by molar-refractivity contribution is 5.86. The van der Waals surface area contributed by atoms with Crippen LogP contribution in [0.4, 0.5) is 5.82 Å². The monoisotopic (exact) mass is 390 g/mol. The van der Waals surface area contributed by atoms with Crippen LogP contribution in [-0.2, 0) is 7.05 Å². The van der Waals surface area contributed by atoms with Gasteiger partial charge in [-0.1, -0.05) is 0 Å². The Labute approximate surface area is 159 Å². The summed E-state index contributed by atoms with van der Waals surface area (Å²) in [6, 6.07) is 4.24. The first-order valence-corrected chi connectivity index (χ1v) is 7.23. The van der Waals surface area contributed by atoms with Gasteiger partial charge >= 0.3 is 0 Å². The van der Waals surface area contributed by atoms with Gasteiger partial charge in [-0.15, -0.1) is 37.2 Å². The van der Waals surface area contributed by atoms with Crippen molar-refractivity contribution in [3.63, 3.8) is 0 Å². The van der Waals surface area contributed by atoms with Gasteiger partial charge in [-0.3, -0.25) is 9.08 Å². The predicted octanol–water partition coefficient (Wildman–Crippen LogP) is 2.41. The number of imidazole rings is 1. The molecule has 9 heteroatoms. The Balaban J connectivity index is 0.000000960. The lowest BCUT2D eigenvalue weighted by Gasteiger charge is -2.28. The van der Waals surface area contributed by atoms with Crippen molar-refractivity contribution in [1.82, 2.24) is 24.5 Å². The van der Waals surface area contributed by atoms with E-state index < -0.39 is 0 Å². The Morgan fingerprint density at radius 2 is 1.79 bits per heavy atom. The first-order valence-electron chi connectivity index (χ1n) is 7.23. The molecule has 1 aliphatic rings. The summed E-state index contributed by atoms with van der Waals surface area (Å²) in [6.07, 6.45) is 7.97. The molecule has 0 amide bonds. The molecule has 1 aliphatic heterocycles. The van der Waals surface area contributed by atoms with Gasteiger partial charge in [0.15, 0.2) is 0 Å². The molecule has 24 heavy (non-hydrogen) atoms. The molecule has 0 unspecified atom stereocenters. The van der Waals surface area contributed by atoms with Crippen LogP contribution in [0, 0.1) is 0 Å². The lowest BCUT2D eigenvalue weighted by Crippen LogP contribution is -2.44. The van der Waals surface area contributed by atoms with E-state index in [9.17, 15) is 0 Å². The Hall–Kier alpha value is -1.47. The maximum absolute atomic E-state index is 4.56. The van der Waals surface area contributed by atoms with Crippen LogP contribution in [0.1, 0.15) is 0 Å². The van der Waals surface area contributed by atoms with E-state index in [1.54, 1.807) is 0 Å². The second kappa shape index (κ2) is 8.58. The number of piperazine rings is 1. The van der Waals surface area contributed by atoms with Gasteiger partial charge in [-0.2, -0.15) is 5.10 Å². The molecule has 0 aliphatic carbocycles. The number of fused-ring (bicyclic) bond motifs is 1. The molecule has 132 valence electrons. The van der Waals surface area contributed by atoms with Crippen LogP contribution in [0.3, 0.4) is 0 Å². The molecular formula is C15H21Cl3N6. The fourth-order valence-electron chi connectivity index (χ4n) is 2.85. The summed E-state index contributed by atoms with van der Waals surface area (Å²) in [6.45, 7) is 4.11. The molecule has 0 radical (unpaired) electrons. The molecule has 4 rings (SSSR count). The highest BCUT2D eigenvalue weighted by atomic mass is 35.5. The average Bonchev–Trinajstić information content (AvgIpc) is 3.13. The van der Waals surface area contributed by atoms with Crippen LogP contribution in [0.25, 0.3) is 16.8 Å². The van der Waals surface area contributed by atoms with Gasteiger partial charge in [0, 0.05) is 51.2 Å². The van der Waals surface area contributed by atoms with Crippen molar-refractivity contribution in [2.45, 2.75) is 0 Å². The van der Waals surface area contributed by atoms with Gasteiger partial charge in [0.1, 0.15) is 11.5 Å². The number of nitrogens with zero attached hydrogens (tertiary/aromatic N) is 5. The van der Waals surface area contributed by atoms with Crippen LogP contribution < -0.4 is 10.2 Å². The maximum atomic E-state index is 4.56. The van der Waals surface area contributed by atoms with E-state index in [1.807, 2.05) is 30.3 Å². The van der Waals surface area contributed by atoms with E-state index in [4.69, 9.17) is 0 Å². The van der Waals surface area contributed by atoms with Gasteiger partial charge in [0.2, 0.25) is 0 Å². The molecular weight excluding hydrogens is 371 g/mol. The minimum absolute atomic E-state index is 0. The van der Waals surface area contributed by atoms with Crippen LogP contribution in [0.15, 0.2) is 36.9 Å². The maximum Gasteiger partial charge on any atom is 0.138 e. The SMILES string of the molecule is Cl.Cl.Cl.Cn1cc(-c2ccn3c(N4CCNCC4)cnc3c2)cn1. The molecule has 0 atom stereocenters. The van der Waals surface area contributed by atoms with Crippen molar-refractivity contribution < 1.29 is 0 Å². The van der Waals surface area contributed by atoms with Crippen molar-refractivity contribution >= 4 is 48.7 Å². The Bertz CT molecular complexity index is 778. The van der Waals surface area contributed by atoms with E-state index in [2.05, 4.69) is 43.0 Å². The lowest BCUT2D eigenvalue weighted by atomic mass is 10.1. The molecule has 0 saturated carbocycles. The normalized spacial score (nSPS) is 13.8. The van der Waals surface area contributed by atoms with Crippen molar-refractivity contribution in [3.8, 4) is 11.1 Å². The summed E-state index contributed by atoms with van der Waals surface area (Å²) in [7, 11) is 1.93. The molecule has 1 N–H and O–H groups in total. The van der Waals surface area contributed by atoms with Gasteiger partial charge < -0.3 is 10.2 Å². The van der Waals surface area contributed by atoms with Gasteiger partial charge in [0.25, 0.3) is 0 Å². The van der Waals surface area contributed by atoms with Gasteiger partial charge in [-0.25, -0.2) is 4.98 Å². The van der Waals surface area contributed by atoms with Crippen LogP contribution in [-0.4, -0.2) is 45.3 Å². The van der Waals surface area contributed by atoms with Crippen molar-refractivity contribution in [1.29, 1.82) is 0 Å². The highest BCUT2D eigenvalue weighted by Gasteiger charge is 2.15. The molecule has 3 aromatic heterocycles. The first kappa shape index (κ1) is 20.6.